The second kappa shape index (κ2) is 6.61. The maximum atomic E-state index is 11.6. The van der Waals surface area contributed by atoms with Crippen molar-refractivity contribution in [3.8, 4) is 0 Å². The lowest BCUT2D eigenvalue weighted by atomic mass is 10.2. The molecule has 1 rings (SSSR count). The van der Waals surface area contributed by atoms with Gasteiger partial charge >= 0.3 is 6.03 Å². The molecule has 0 aliphatic carbocycles. The summed E-state index contributed by atoms with van der Waals surface area (Å²) in [4.78, 5) is 27.2. The summed E-state index contributed by atoms with van der Waals surface area (Å²) in [7, 11) is 0. The van der Waals surface area contributed by atoms with E-state index in [0.29, 0.717) is 23.8 Å². The molecule has 3 amide bonds. The fourth-order valence-corrected chi connectivity index (χ4v) is 1.18. The minimum atomic E-state index is -0.646. The monoisotopic (exact) mass is 251 g/mol. The van der Waals surface area contributed by atoms with E-state index >= 15 is 0 Å². The lowest BCUT2D eigenvalue weighted by Gasteiger charge is -2.08. The molecule has 0 aromatic heterocycles. The lowest BCUT2D eigenvalue weighted by molar-refractivity contribution is 0.0208. The van der Waals surface area contributed by atoms with Crippen LogP contribution < -0.4 is 16.5 Å². The molecule has 4 N–H and O–H groups in total. The number of carbonyl (C=O) groups is 2. The van der Waals surface area contributed by atoms with Crippen LogP contribution in [0.15, 0.2) is 24.3 Å². The van der Waals surface area contributed by atoms with E-state index in [1.54, 1.807) is 24.3 Å². The number of hydrogen-bond donors (Lipinski definition) is 3. The first kappa shape index (κ1) is 14.0. The summed E-state index contributed by atoms with van der Waals surface area (Å²) in [6.45, 7) is 4.42. The Kier molecular flexibility index (Phi) is 5.13. The van der Waals surface area contributed by atoms with Crippen LogP contribution in [-0.4, -0.2) is 18.5 Å². The van der Waals surface area contributed by atoms with E-state index in [9.17, 15) is 9.59 Å². The molecule has 6 heteroatoms. The second-order valence-corrected chi connectivity index (χ2v) is 4.20. The number of carbonyl (C=O) groups excluding carboxylic acids is 2. The number of nitrogens with two attached hydrogens (primary N) is 1. The first-order chi connectivity index (χ1) is 8.49. The molecule has 0 fully saturated rings. The summed E-state index contributed by atoms with van der Waals surface area (Å²) < 4.78 is 0. The van der Waals surface area contributed by atoms with Crippen molar-refractivity contribution in [1.29, 1.82) is 0 Å². The number of primary amides is 1. The molecule has 0 atom stereocenters. The molecule has 18 heavy (non-hydrogen) atoms. The van der Waals surface area contributed by atoms with Gasteiger partial charge < -0.3 is 11.1 Å². The fourth-order valence-electron chi connectivity index (χ4n) is 1.18. The Morgan fingerprint density at radius 1 is 1.28 bits per heavy atom. The highest BCUT2D eigenvalue weighted by Crippen LogP contribution is 2.09. The molecule has 0 unspecified atom stereocenters. The maximum absolute atomic E-state index is 11.6. The van der Waals surface area contributed by atoms with E-state index in [4.69, 9.17) is 10.6 Å². The van der Waals surface area contributed by atoms with Crippen LogP contribution in [0.4, 0.5) is 10.5 Å². The van der Waals surface area contributed by atoms with Crippen LogP contribution in [0.1, 0.15) is 24.2 Å². The van der Waals surface area contributed by atoms with Gasteiger partial charge in [-0.05, 0) is 30.2 Å². The molecule has 6 nitrogen and oxygen atoms in total. The van der Waals surface area contributed by atoms with Gasteiger partial charge in [-0.25, -0.2) is 10.3 Å². The van der Waals surface area contributed by atoms with E-state index in [1.165, 1.54) is 0 Å². The quantitative estimate of drug-likeness (QED) is 0.692. The van der Waals surface area contributed by atoms with Crippen molar-refractivity contribution in [2.45, 2.75) is 13.8 Å². The number of benzene rings is 1. The average Bonchev–Trinajstić information content (AvgIpc) is 2.28. The molecule has 0 saturated heterocycles. The van der Waals surface area contributed by atoms with E-state index in [2.05, 4.69) is 10.8 Å². The summed E-state index contributed by atoms with van der Waals surface area (Å²) in [5, 5.41) is 2.40. The molecule has 98 valence electrons. The third kappa shape index (κ3) is 4.84. The zero-order valence-electron chi connectivity index (χ0n) is 10.4. The molecule has 0 saturated carbocycles. The highest BCUT2D eigenvalue weighted by Gasteiger charge is 2.06. The van der Waals surface area contributed by atoms with Gasteiger partial charge in [-0.2, -0.15) is 0 Å². The zero-order chi connectivity index (χ0) is 13.5. The third-order valence-electron chi connectivity index (χ3n) is 2.00. The lowest BCUT2D eigenvalue weighted by Crippen LogP contribution is -2.25. The molecule has 0 aliphatic rings. The van der Waals surface area contributed by atoms with Crippen LogP contribution in [0.2, 0.25) is 0 Å². The van der Waals surface area contributed by atoms with Crippen molar-refractivity contribution in [3.63, 3.8) is 0 Å². The fraction of sp³-hybridized carbons (Fsp3) is 0.333. The molecule has 1 aromatic carbocycles. The summed E-state index contributed by atoms with van der Waals surface area (Å²) >= 11 is 0. The Labute approximate surface area is 105 Å². The summed E-state index contributed by atoms with van der Waals surface area (Å²) in [6, 6.07) is 5.66. The Morgan fingerprint density at radius 2 is 1.89 bits per heavy atom. The third-order valence-corrected chi connectivity index (χ3v) is 2.00. The van der Waals surface area contributed by atoms with E-state index in [0.717, 1.165) is 0 Å². The van der Waals surface area contributed by atoms with Crippen LogP contribution in [0.3, 0.4) is 0 Å². The number of hydroxylamine groups is 1. The molecular formula is C12H17N3O3. The first-order valence-corrected chi connectivity index (χ1v) is 5.57. The number of amides is 3. The molecule has 0 radical (unpaired) electrons. The molecule has 1 aromatic rings. The van der Waals surface area contributed by atoms with Crippen LogP contribution >= 0.6 is 0 Å². The molecular weight excluding hydrogens is 234 g/mol. The summed E-state index contributed by atoms with van der Waals surface area (Å²) in [5.74, 6) is 0.00807. The van der Waals surface area contributed by atoms with Gasteiger partial charge in [0.2, 0.25) is 0 Å². The topological polar surface area (TPSA) is 93.4 Å². The van der Waals surface area contributed by atoms with Gasteiger partial charge in [0.15, 0.2) is 0 Å². The van der Waals surface area contributed by atoms with Crippen LogP contribution in [0, 0.1) is 5.92 Å². The highest BCUT2D eigenvalue weighted by atomic mass is 16.6. The van der Waals surface area contributed by atoms with E-state index in [-0.39, 0.29) is 5.91 Å². The Hall–Kier alpha value is -2.08. The highest BCUT2D eigenvalue weighted by molar-refractivity contribution is 5.94. The standard InChI is InChI=1S/C12H17N3O3/c1-8(2)7-18-15-11(16)9-3-5-10(6-4-9)14-12(13)17/h3-6,8H,7H2,1-2H3,(H,15,16)(H3,13,14,17). The molecule has 0 spiro atoms. The van der Waals surface area contributed by atoms with Gasteiger partial charge in [-0.15, -0.1) is 0 Å². The van der Waals surface area contributed by atoms with Gasteiger partial charge in [0.25, 0.3) is 5.91 Å². The van der Waals surface area contributed by atoms with Crippen molar-refractivity contribution in [3.05, 3.63) is 29.8 Å². The molecule has 0 aliphatic heterocycles. The second-order valence-electron chi connectivity index (χ2n) is 4.20. The van der Waals surface area contributed by atoms with E-state index in [1.807, 2.05) is 13.8 Å². The van der Waals surface area contributed by atoms with Gasteiger partial charge in [0.1, 0.15) is 0 Å². The predicted octanol–water partition coefficient (Wildman–Crippen LogP) is 1.49. The molecule has 0 bridgehead atoms. The number of nitrogens with one attached hydrogen (secondary N) is 2. The van der Waals surface area contributed by atoms with Crippen molar-refractivity contribution in [1.82, 2.24) is 5.48 Å². The van der Waals surface area contributed by atoms with Crippen LogP contribution in [-0.2, 0) is 4.84 Å². The SMILES string of the molecule is CC(C)CONC(=O)c1ccc(NC(N)=O)cc1. The number of anilines is 1. The Bertz CT molecular complexity index is 415. The van der Waals surface area contributed by atoms with Crippen molar-refractivity contribution in [2.75, 3.05) is 11.9 Å². The van der Waals surface area contributed by atoms with Gasteiger partial charge in [0.05, 0.1) is 6.61 Å². The Balaban J connectivity index is 2.51. The van der Waals surface area contributed by atoms with Crippen LogP contribution in [0.5, 0.6) is 0 Å². The van der Waals surface area contributed by atoms with Gasteiger partial charge in [0, 0.05) is 11.3 Å². The van der Waals surface area contributed by atoms with Crippen LogP contribution in [0.25, 0.3) is 0 Å². The minimum absolute atomic E-state index is 0.332. The number of hydrogen-bond acceptors (Lipinski definition) is 3. The van der Waals surface area contributed by atoms with Crippen molar-refractivity contribution in [2.24, 2.45) is 11.7 Å². The van der Waals surface area contributed by atoms with Crippen molar-refractivity contribution < 1.29 is 14.4 Å². The van der Waals surface area contributed by atoms with Gasteiger partial charge in [-0.1, -0.05) is 13.8 Å². The molecule has 0 heterocycles. The number of rotatable bonds is 5. The first-order valence-electron chi connectivity index (χ1n) is 5.57. The van der Waals surface area contributed by atoms with E-state index < -0.39 is 6.03 Å². The van der Waals surface area contributed by atoms with Gasteiger partial charge in [-0.3, -0.25) is 9.63 Å². The largest absolute Gasteiger partial charge is 0.351 e. The number of urea groups is 1. The minimum Gasteiger partial charge on any atom is -0.351 e. The summed E-state index contributed by atoms with van der Waals surface area (Å²) in [5.41, 5.74) is 8.28. The summed E-state index contributed by atoms with van der Waals surface area (Å²) in [6.07, 6.45) is 0. The smallest absolute Gasteiger partial charge is 0.316 e. The average molecular weight is 251 g/mol. The Morgan fingerprint density at radius 3 is 2.39 bits per heavy atom. The normalized spacial score (nSPS) is 10.2. The zero-order valence-corrected chi connectivity index (χ0v) is 10.4. The predicted molar refractivity (Wildman–Crippen MR) is 67.9 cm³/mol. The maximum Gasteiger partial charge on any atom is 0.316 e. The van der Waals surface area contributed by atoms with Crippen molar-refractivity contribution >= 4 is 17.6 Å².